The summed E-state index contributed by atoms with van der Waals surface area (Å²) in [7, 11) is 4.11. The molecule has 6 heteroatoms. The van der Waals surface area contributed by atoms with Gasteiger partial charge in [-0.3, -0.25) is 4.79 Å². The predicted octanol–water partition coefficient (Wildman–Crippen LogP) is 1.65. The van der Waals surface area contributed by atoms with Gasteiger partial charge in [-0.2, -0.15) is 0 Å². The van der Waals surface area contributed by atoms with Crippen LogP contribution < -0.4 is 5.32 Å². The number of nitrogens with zero attached hydrogens (tertiary/aromatic N) is 3. The molecule has 1 amide bonds. The minimum atomic E-state index is -0.194. The SMILES string of the molecule is Cc1cc(C(=O)NCC2(N(C)C)CCC2)nc(Cl)n1. The maximum atomic E-state index is 12.1. The zero-order valence-corrected chi connectivity index (χ0v) is 12.3. The molecule has 0 radical (unpaired) electrons. The Kier molecular flexibility index (Phi) is 4.06. The van der Waals surface area contributed by atoms with E-state index >= 15 is 0 Å². The Hall–Kier alpha value is -1.20. The Bertz CT molecular complexity index is 465. The first-order chi connectivity index (χ1) is 8.93. The number of likely N-dealkylation sites (N-methyl/N-ethyl adjacent to an activating group) is 1. The number of aryl methyl sites for hydroxylation is 1. The van der Waals surface area contributed by atoms with E-state index in [0.717, 1.165) is 12.8 Å². The largest absolute Gasteiger partial charge is 0.349 e. The van der Waals surface area contributed by atoms with Crippen molar-refractivity contribution in [3.63, 3.8) is 0 Å². The number of aromatic nitrogens is 2. The van der Waals surface area contributed by atoms with E-state index in [1.807, 2.05) is 0 Å². The number of rotatable bonds is 4. The standard InChI is InChI=1S/C13H19ClN4O/c1-9-7-10(17-12(14)16-9)11(19)15-8-13(18(2)3)5-4-6-13/h7H,4-6,8H2,1-3H3,(H,15,19). The number of carbonyl (C=O) groups is 1. The molecule has 2 rings (SSSR count). The summed E-state index contributed by atoms with van der Waals surface area (Å²) in [5.74, 6) is -0.194. The second-order valence-corrected chi connectivity index (χ2v) is 5.66. The van der Waals surface area contributed by atoms with Gasteiger partial charge in [0.1, 0.15) is 5.69 Å². The van der Waals surface area contributed by atoms with Crippen molar-refractivity contribution in [2.24, 2.45) is 0 Å². The molecule has 1 aliphatic carbocycles. The maximum absolute atomic E-state index is 12.1. The molecule has 1 heterocycles. The molecule has 5 nitrogen and oxygen atoms in total. The smallest absolute Gasteiger partial charge is 0.270 e. The summed E-state index contributed by atoms with van der Waals surface area (Å²) in [6, 6.07) is 1.64. The van der Waals surface area contributed by atoms with Crippen molar-refractivity contribution in [1.29, 1.82) is 0 Å². The molecule has 1 aliphatic rings. The van der Waals surface area contributed by atoms with E-state index in [9.17, 15) is 4.79 Å². The fourth-order valence-electron chi connectivity index (χ4n) is 2.35. The molecule has 1 N–H and O–H groups in total. The fourth-order valence-corrected chi connectivity index (χ4v) is 2.58. The van der Waals surface area contributed by atoms with Crippen LogP contribution in [0.2, 0.25) is 5.28 Å². The summed E-state index contributed by atoms with van der Waals surface area (Å²) >= 11 is 5.76. The topological polar surface area (TPSA) is 58.1 Å². The molecular formula is C13H19ClN4O. The lowest BCUT2D eigenvalue weighted by molar-refractivity contribution is 0.0556. The zero-order chi connectivity index (χ0) is 14.0. The zero-order valence-electron chi connectivity index (χ0n) is 11.5. The summed E-state index contributed by atoms with van der Waals surface area (Å²) in [6.07, 6.45) is 3.44. The first-order valence-electron chi connectivity index (χ1n) is 6.40. The minimum absolute atomic E-state index is 0.0987. The van der Waals surface area contributed by atoms with Gasteiger partial charge in [0.15, 0.2) is 0 Å². The van der Waals surface area contributed by atoms with Crippen LogP contribution in [0.25, 0.3) is 0 Å². The van der Waals surface area contributed by atoms with Gasteiger partial charge in [0.2, 0.25) is 5.28 Å². The Balaban J connectivity index is 2.01. The van der Waals surface area contributed by atoms with Crippen LogP contribution in [-0.2, 0) is 0 Å². The second kappa shape index (κ2) is 5.43. The van der Waals surface area contributed by atoms with Gasteiger partial charge in [-0.05, 0) is 57.9 Å². The third kappa shape index (κ3) is 3.04. The monoisotopic (exact) mass is 282 g/mol. The molecule has 0 atom stereocenters. The van der Waals surface area contributed by atoms with E-state index in [1.54, 1.807) is 13.0 Å². The summed E-state index contributed by atoms with van der Waals surface area (Å²) in [5, 5.41) is 3.06. The highest BCUT2D eigenvalue weighted by atomic mass is 35.5. The Labute approximate surface area is 118 Å². The fraction of sp³-hybridized carbons (Fsp3) is 0.615. The van der Waals surface area contributed by atoms with Gasteiger partial charge in [0, 0.05) is 17.8 Å². The number of amides is 1. The highest BCUT2D eigenvalue weighted by Crippen LogP contribution is 2.35. The molecule has 0 aromatic carbocycles. The van der Waals surface area contributed by atoms with Crippen molar-refractivity contribution >= 4 is 17.5 Å². The van der Waals surface area contributed by atoms with Gasteiger partial charge in [-0.1, -0.05) is 0 Å². The first-order valence-corrected chi connectivity index (χ1v) is 6.78. The van der Waals surface area contributed by atoms with Crippen LogP contribution >= 0.6 is 11.6 Å². The average molecular weight is 283 g/mol. The number of carbonyl (C=O) groups excluding carboxylic acids is 1. The summed E-state index contributed by atoms with van der Waals surface area (Å²) in [5.41, 5.74) is 1.11. The summed E-state index contributed by atoms with van der Waals surface area (Å²) < 4.78 is 0. The van der Waals surface area contributed by atoms with E-state index in [-0.39, 0.29) is 16.7 Å². The summed E-state index contributed by atoms with van der Waals surface area (Å²) in [6.45, 7) is 2.43. The van der Waals surface area contributed by atoms with Crippen molar-refractivity contribution in [2.45, 2.75) is 31.7 Å². The first kappa shape index (κ1) is 14.2. The lowest BCUT2D eigenvalue weighted by atomic mass is 9.75. The molecule has 1 aromatic rings. The van der Waals surface area contributed by atoms with Crippen molar-refractivity contribution in [3.8, 4) is 0 Å². The van der Waals surface area contributed by atoms with Gasteiger partial charge >= 0.3 is 0 Å². The molecule has 104 valence electrons. The van der Waals surface area contributed by atoms with Gasteiger partial charge in [0.25, 0.3) is 5.91 Å². The minimum Gasteiger partial charge on any atom is -0.349 e. The molecule has 0 bridgehead atoms. The summed E-state index contributed by atoms with van der Waals surface area (Å²) in [4.78, 5) is 22.2. The quantitative estimate of drug-likeness (QED) is 0.853. The lowest BCUT2D eigenvalue weighted by Gasteiger charge is -2.47. The van der Waals surface area contributed by atoms with Crippen LogP contribution in [0.5, 0.6) is 0 Å². The van der Waals surface area contributed by atoms with Crippen LogP contribution in [0.4, 0.5) is 0 Å². The maximum Gasteiger partial charge on any atom is 0.270 e. The van der Waals surface area contributed by atoms with E-state index in [1.165, 1.54) is 6.42 Å². The normalized spacial score (nSPS) is 17.1. The van der Waals surface area contributed by atoms with Crippen LogP contribution in [0.1, 0.15) is 35.4 Å². The van der Waals surface area contributed by atoms with Crippen LogP contribution in [0, 0.1) is 6.92 Å². The van der Waals surface area contributed by atoms with Crippen molar-refractivity contribution < 1.29 is 4.79 Å². The van der Waals surface area contributed by atoms with Crippen LogP contribution in [0.3, 0.4) is 0 Å². The van der Waals surface area contributed by atoms with Gasteiger partial charge in [-0.15, -0.1) is 0 Å². The third-order valence-corrected chi connectivity index (χ3v) is 4.04. The number of hydrogen-bond acceptors (Lipinski definition) is 4. The van der Waals surface area contributed by atoms with E-state index in [4.69, 9.17) is 11.6 Å². The van der Waals surface area contributed by atoms with E-state index in [2.05, 4.69) is 34.3 Å². The van der Waals surface area contributed by atoms with Crippen molar-refractivity contribution in [3.05, 3.63) is 22.7 Å². The number of hydrogen-bond donors (Lipinski definition) is 1. The van der Waals surface area contributed by atoms with E-state index in [0.29, 0.717) is 17.9 Å². The molecule has 0 saturated heterocycles. The molecule has 19 heavy (non-hydrogen) atoms. The Morgan fingerprint density at radius 3 is 2.63 bits per heavy atom. The van der Waals surface area contributed by atoms with Gasteiger partial charge in [-0.25, -0.2) is 9.97 Å². The van der Waals surface area contributed by atoms with Crippen molar-refractivity contribution in [2.75, 3.05) is 20.6 Å². The Morgan fingerprint density at radius 1 is 1.47 bits per heavy atom. The molecule has 1 saturated carbocycles. The van der Waals surface area contributed by atoms with Crippen LogP contribution in [-0.4, -0.2) is 47.0 Å². The second-order valence-electron chi connectivity index (χ2n) is 5.32. The van der Waals surface area contributed by atoms with Gasteiger partial charge in [0.05, 0.1) is 0 Å². The molecular weight excluding hydrogens is 264 g/mol. The molecule has 1 fully saturated rings. The predicted molar refractivity (Wildman–Crippen MR) is 74.4 cm³/mol. The van der Waals surface area contributed by atoms with Crippen LogP contribution in [0.15, 0.2) is 6.07 Å². The average Bonchev–Trinajstić information content (AvgIpc) is 2.25. The van der Waals surface area contributed by atoms with E-state index < -0.39 is 0 Å². The molecule has 0 unspecified atom stereocenters. The Morgan fingerprint density at radius 2 is 2.16 bits per heavy atom. The number of nitrogens with one attached hydrogen (secondary N) is 1. The van der Waals surface area contributed by atoms with Gasteiger partial charge < -0.3 is 10.2 Å². The van der Waals surface area contributed by atoms with Crippen molar-refractivity contribution in [1.82, 2.24) is 20.2 Å². The highest BCUT2D eigenvalue weighted by Gasteiger charge is 2.39. The molecule has 0 aliphatic heterocycles. The number of halogens is 1. The third-order valence-electron chi connectivity index (χ3n) is 3.87. The molecule has 1 aromatic heterocycles. The highest BCUT2D eigenvalue weighted by molar-refractivity contribution is 6.28. The molecule has 0 spiro atoms. The lowest BCUT2D eigenvalue weighted by Crippen LogP contribution is -2.57.